The molecule has 7 nitrogen and oxygen atoms in total. The lowest BCUT2D eigenvalue weighted by molar-refractivity contribution is -0.133. The van der Waals surface area contributed by atoms with Gasteiger partial charge in [-0.3, -0.25) is 9.59 Å². The molecule has 0 spiro atoms. The zero-order valence-corrected chi connectivity index (χ0v) is 20.6. The maximum atomic E-state index is 13.8. The predicted octanol–water partition coefficient (Wildman–Crippen LogP) is 4.37. The summed E-state index contributed by atoms with van der Waals surface area (Å²) in [7, 11) is 3.24. The van der Waals surface area contributed by atoms with Gasteiger partial charge in [-0.2, -0.15) is 0 Å². The molecule has 2 amide bonds. The smallest absolute Gasteiger partial charge is 0.271 e. The Morgan fingerprint density at radius 2 is 1.82 bits per heavy atom. The van der Waals surface area contributed by atoms with Crippen molar-refractivity contribution in [1.82, 2.24) is 14.8 Å². The van der Waals surface area contributed by atoms with Crippen molar-refractivity contribution in [2.24, 2.45) is 5.92 Å². The van der Waals surface area contributed by atoms with Crippen molar-refractivity contribution < 1.29 is 19.1 Å². The standard InChI is InChI=1S/C26H37N3O4/c1-6-7-14-29-24(30)20-15-19-21(32-4)12-13-22(33-5)23(19)28(20)16-26(29,3)25(31)27-18-10-8-17(2)9-11-18/h12-13,15,17-18H,6-11,14,16H2,1-5H3,(H,27,31)/t17?,18?,26-/m0/s1. The van der Waals surface area contributed by atoms with Crippen LogP contribution in [0.1, 0.15) is 69.8 Å². The Hall–Kier alpha value is -2.70. The molecular weight excluding hydrogens is 418 g/mol. The van der Waals surface area contributed by atoms with Gasteiger partial charge in [-0.05, 0) is 63.1 Å². The number of fused-ring (bicyclic) bond motifs is 3. The first-order valence-corrected chi connectivity index (χ1v) is 12.2. The Bertz CT molecular complexity index is 1040. The molecular formula is C26H37N3O4. The lowest BCUT2D eigenvalue weighted by Gasteiger charge is -2.45. The van der Waals surface area contributed by atoms with Crippen LogP contribution in [-0.4, -0.2) is 53.6 Å². The third-order valence-electron chi connectivity index (χ3n) is 7.52. The van der Waals surface area contributed by atoms with E-state index in [0.29, 0.717) is 36.2 Å². The van der Waals surface area contributed by atoms with Gasteiger partial charge < -0.3 is 24.3 Å². The summed E-state index contributed by atoms with van der Waals surface area (Å²) in [6.45, 7) is 7.20. The highest BCUT2D eigenvalue weighted by atomic mass is 16.5. The topological polar surface area (TPSA) is 72.8 Å². The highest BCUT2D eigenvalue weighted by Crippen LogP contribution is 2.40. The van der Waals surface area contributed by atoms with Crippen LogP contribution in [0.3, 0.4) is 0 Å². The van der Waals surface area contributed by atoms with Crippen LogP contribution < -0.4 is 14.8 Å². The Morgan fingerprint density at radius 3 is 2.45 bits per heavy atom. The number of ether oxygens (including phenoxy) is 2. The second kappa shape index (κ2) is 9.27. The van der Waals surface area contributed by atoms with Crippen LogP contribution in [-0.2, 0) is 11.3 Å². The number of rotatable bonds is 7. The van der Waals surface area contributed by atoms with E-state index < -0.39 is 5.54 Å². The average molecular weight is 456 g/mol. The number of hydrogen-bond donors (Lipinski definition) is 1. The Labute approximate surface area is 196 Å². The van der Waals surface area contributed by atoms with Crippen molar-refractivity contribution in [3.8, 4) is 11.5 Å². The van der Waals surface area contributed by atoms with Gasteiger partial charge >= 0.3 is 0 Å². The van der Waals surface area contributed by atoms with Gasteiger partial charge in [-0.15, -0.1) is 0 Å². The summed E-state index contributed by atoms with van der Waals surface area (Å²) in [6.07, 6.45) is 6.05. The Kier molecular flexibility index (Phi) is 6.59. The van der Waals surface area contributed by atoms with E-state index in [0.717, 1.165) is 49.4 Å². The number of aromatic nitrogens is 1. The number of nitrogens with one attached hydrogen (secondary N) is 1. The molecule has 33 heavy (non-hydrogen) atoms. The van der Waals surface area contributed by atoms with Gasteiger partial charge in [0.2, 0.25) is 5.91 Å². The van der Waals surface area contributed by atoms with Crippen molar-refractivity contribution >= 4 is 22.7 Å². The monoisotopic (exact) mass is 455 g/mol. The van der Waals surface area contributed by atoms with Crippen LogP contribution in [0.2, 0.25) is 0 Å². The lowest BCUT2D eigenvalue weighted by atomic mass is 9.86. The van der Waals surface area contributed by atoms with Crippen LogP contribution in [0, 0.1) is 5.92 Å². The normalized spacial score (nSPS) is 25.1. The quantitative estimate of drug-likeness (QED) is 0.673. The maximum Gasteiger partial charge on any atom is 0.271 e. The van der Waals surface area contributed by atoms with Crippen LogP contribution in [0.5, 0.6) is 11.5 Å². The number of amides is 2. The summed E-state index contributed by atoms with van der Waals surface area (Å²) in [4.78, 5) is 29.3. The minimum atomic E-state index is -0.984. The molecule has 4 rings (SSSR count). The van der Waals surface area contributed by atoms with E-state index >= 15 is 0 Å². The summed E-state index contributed by atoms with van der Waals surface area (Å²) in [5.41, 5.74) is 0.379. The summed E-state index contributed by atoms with van der Waals surface area (Å²) in [6, 6.07) is 5.75. The van der Waals surface area contributed by atoms with Crippen LogP contribution in [0.4, 0.5) is 0 Å². The molecule has 1 aromatic carbocycles. The fourth-order valence-corrected chi connectivity index (χ4v) is 5.37. The van der Waals surface area contributed by atoms with E-state index in [9.17, 15) is 9.59 Å². The zero-order valence-electron chi connectivity index (χ0n) is 20.6. The van der Waals surface area contributed by atoms with E-state index in [-0.39, 0.29) is 17.9 Å². The molecule has 0 saturated heterocycles. The highest BCUT2D eigenvalue weighted by Gasteiger charge is 2.48. The summed E-state index contributed by atoms with van der Waals surface area (Å²) < 4.78 is 13.2. The second-order valence-corrected chi connectivity index (χ2v) is 9.86. The van der Waals surface area contributed by atoms with Gasteiger partial charge in [-0.1, -0.05) is 20.3 Å². The van der Waals surface area contributed by atoms with E-state index in [1.165, 1.54) is 0 Å². The number of carbonyl (C=O) groups is 2. The van der Waals surface area contributed by atoms with Gasteiger partial charge in [0, 0.05) is 18.0 Å². The largest absolute Gasteiger partial charge is 0.496 e. The lowest BCUT2D eigenvalue weighted by Crippen LogP contribution is -2.65. The molecule has 1 saturated carbocycles. The molecule has 1 aliphatic carbocycles. The first-order valence-electron chi connectivity index (χ1n) is 12.2. The first-order chi connectivity index (χ1) is 15.8. The number of carbonyl (C=O) groups excluding carboxylic acids is 2. The summed E-state index contributed by atoms with van der Waals surface area (Å²) in [5.74, 6) is 1.87. The van der Waals surface area contributed by atoms with Gasteiger partial charge in [0.15, 0.2) is 0 Å². The Balaban J connectivity index is 1.76. The Morgan fingerprint density at radius 1 is 1.15 bits per heavy atom. The second-order valence-electron chi connectivity index (χ2n) is 9.86. The van der Waals surface area contributed by atoms with E-state index in [1.807, 2.05) is 29.7 Å². The van der Waals surface area contributed by atoms with E-state index in [4.69, 9.17) is 9.47 Å². The molecule has 2 aliphatic rings. The van der Waals surface area contributed by atoms with Crippen LogP contribution in [0.25, 0.3) is 10.9 Å². The summed E-state index contributed by atoms with van der Waals surface area (Å²) in [5, 5.41) is 4.12. The molecule has 0 radical (unpaired) electrons. The fraction of sp³-hybridized carbons (Fsp3) is 0.615. The highest BCUT2D eigenvalue weighted by molar-refractivity contribution is 6.05. The zero-order chi connectivity index (χ0) is 23.8. The summed E-state index contributed by atoms with van der Waals surface area (Å²) >= 11 is 0. The molecule has 0 unspecified atom stereocenters. The average Bonchev–Trinajstić information content (AvgIpc) is 3.19. The molecule has 1 atom stereocenters. The van der Waals surface area contributed by atoms with E-state index in [2.05, 4.69) is 19.2 Å². The van der Waals surface area contributed by atoms with Crippen LogP contribution >= 0.6 is 0 Å². The van der Waals surface area contributed by atoms with Gasteiger partial charge in [-0.25, -0.2) is 0 Å². The van der Waals surface area contributed by atoms with Gasteiger partial charge in [0.25, 0.3) is 5.91 Å². The number of hydrogen-bond acceptors (Lipinski definition) is 4. The van der Waals surface area contributed by atoms with Crippen molar-refractivity contribution in [2.45, 2.75) is 77.4 Å². The number of benzene rings is 1. The van der Waals surface area contributed by atoms with E-state index in [1.54, 1.807) is 19.1 Å². The molecule has 2 aromatic rings. The molecule has 1 aliphatic heterocycles. The fourth-order valence-electron chi connectivity index (χ4n) is 5.37. The first kappa shape index (κ1) is 23.5. The third-order valence-corrected chi connectivity index (χ3v) is 7.52. The van der Waals surface area contributed by atoms with Crippen LogP contribution in [0.15, 0.2) is 18.2 Å². The van der Waals surface area contributed by atoms with Crippen molar-refractivity contribution in [3.63, 3.8) is 0 Å². The molecule has 1 aromatic heterocycles. The third kappa shape index (κ3) is 4.06. The van der Waals surface area contributed by atoms with Crippen molar-refractivity contribution in [1.29, 1.82) is 0 Å². The molecule has 0 bridgehead atoms. The maximum absolute atomic E-state index is 13.8. The number of methoxy groups -OCH3 is 2. The minimum Gasteiger partial charge on any atom is -0.496 e. The molecule has 1 fully saturated rings. The molecule has 2 heterocycles. The molecule has 1 N–H and O–H groups in total. The predicted molar refractivity (Wildman–Crippen MR) is 129 cm³/mol. The molecule has 7 heteroatoms. The van der Waals surface area contributed by atoms with Gasteiger partial charge in [0.05, 0.1) is 26.3 Å². The number of unbranched alkanes of at least 4 members (excludes halogenated alkanes) is 1. The minimum absolute atomic E-state index is 0.0686. The van der Waals surface area contributed by atoms with Gasteiger partial charge in [0.1, 0.15) is 22.7 Å². The van der Waals surface area contributed by atoms with Crippen molar-refractivity contribution in [2.75, 3.05) is 20.8 Å². The molecule has 180 valence electrons. The SMILES string of the molecule is CCCCN1C(=O)c2cc3c(OC)ccc(OC)c3n2C[C@@]1(C)C(=O)NC1CCC(C)CC1. The van der Waals surface area contributed by atoms with Crippen molar-refractivity contribution in [3.05, 3.63) is 23.9 Å². The number of nitrogens with zero attached hydrogens (tertiary/aromatic N) is 2.